The number of benzene rings is 1. The van der Waals surface area contributed by atoms with Crippen LogP contribution >= 0.6 is 15.9 Å². The second-order valence-corrected chi connectivity index (χ2v) is 5.48. The number of halogens is 2. The molecule has 4 nitrogen and oxygen atoms in total. The molecule has 2 aromatic rings. The fourth-order valence-electron chi connectivity index (χ4n) is 1.53. The van der Waals surface area contributed by atoms with E-state index in [0.29, 0.717) is 22.1 Å². The van der Waals surface area contributed by atoms with Gasteiger partial charge in [-0.15, -0.1) is 0 Å². The molecule has 0 atom stereocenters. The third-order valence-corrected chi connectivity index (χ3v) is 2.84. The summed E-state index contributed by atoms with van der Waals surface area (Å²) in [5.41, 5.74) is 0. The molecule has 1 aromatic carbocycles. The van der Waals surface area contributed by atoms with Gasteiger partial charge in [0.2, 0.25) is 0 Å². The van der Waals surface area contributed by atoms with Crippen molar-refractivity contribution in [2.45, 2.75) is 26.9 Å². The Morgan fingerprint density at radius 1 is 1.42 bits per heavy atom. The molecular formula is C13H14BrFN2O2. The van der Waals surface area contributed by atoms with Crippen molar-refractivity contribution >= 4 is 15.9 Å². The van der Waals surface area contributed by atoms with E-state index in [1.54, 1.807) is 12.1 Å². The highest BCUT2D eigenvalue weighted by Crippen LogP contribution is 2.22. The van der Waals surface area contributed by atoms with Crippen molar-refractivity contribution < 1.29 is 13.7 Å². The van der Waals surface area contributed by atoms with Crippen LogP contribution in [0.1, 0.15) is 25.6 Å². The van der Waals surface area contributed by atoms with Crippen molar-refractivity contribution in [3.8, 4) is 5.75 Å². The molecule has 0 radical (unpaired) electrons. The molecule has 0 spiro atoms. The number of hydrogen-bond donors (Lipinski definition) is 0. The third-order valence-electron chi connectivity index (χ3n) is 2.35. The molecule has 1 heterocycles. The summed E-state index contributed by atoms with van der Waals surface area (Å²) in [5, 5.41) is 3.84. The van der Waals surface area contributed by atoms with Crippen LogP contribution in [0.25, 0.3) is 0 Å². The highest BCUT2D eigenvalue weighted by atomic mass is 79.9. The number of nitrogens with zero attached hydrogens (tertiary/aromatic N) is 2. The van der Waals surface area contributed by atoms with Gasteiger partial charge in [-0.2, -0.15) is 4.98 Å². The Morgan fingerprint density at radius 3 is 2.89 bits per heavy atom. The lowest BCUT2D eigenvalue weighted by Gasteiger charge is -2.04. The lowest BCUT2D eigenvalue weighted by Crippen LogP contribution is -1.99. The van der Waals surface area contributed by atoms with Gasteiger partial charge in [0, 0.05) is 10.9 Å². The van der Waals surface area contributed by atoms with Gasteiger partial charge in [-0.3, -0.25) is 0 Å². The molecule has 102 valence electrons. The molecular weight excluding hydrogens is 315 g/mol. The van der Waals surface area contributed by atoms with Gasteiger partial charge in [-0.1, -0.05) is 34.9 Å². The van der Waals surface area contributed by atoms with Gasteiger partial charge in [0.1, 0.15) is 0 Å². The average molecular weight is 329 g/mol. The summed E-state index contributed by atoms with van der Waals surface area (Å²) in [6, 6.07) is 4.59. The Balaban J connectivity index is 1.96. The van der Waals surface area contributed by atoms with Crippen LogP contribution in [-0.2, 0) is 13.0 Å². The molecule has 0 amide bonds. The zero-order valence-corrected chi connectivity index (χ0v) is 12.3. The minimum Gasteiger partial charge on any atom is -0.481 e. The predicted molar refractivity (Wildman–Crippen MR) is 71.3 cm³/mol. The van der Waals surface area contributed by atoms with Gasteiger partial charge < -0.3 is 9.26 Å². The number of rotatable bonds is 5. The van der Waals surface area contributed by atoms with Crippen molar-refractivity contribution in [3.63, 3.8) is 0 Å². The van der Waals surface area contributed by atoms with Crippen LogP contribution in [0.3, 0.4) is 0 Å². The van der Waals surface area contributed by atoms with E-state index in [4.69, 9.17) is 9.26 Å². The van der Waals surface area contributed by atoms with Gasteiger partial charge >= 0.3 is 0 Å². The highest BCUT2D eigenvalue weighted by Gasteiger charge is 2.10. The van der Waals surface area contributed by atoms with E-state index in [2.05, 4.69) is 39.9 Å². The Kier molecular flexibility index (Phi) is 4.52. The quantitative estimate of drug-likeness (QED) is 0.838. The second-order valence-electron chi connectivity index (χ2n) is 4.57. The summed E-state index contributed by atoms with van der Waals surface area (Å²) in [5.74, 6) is 1.17. The van der Waals surface area contributed by atoms with E-state index < -0.39 is 5.82 Å². The molecule has 0 saturated carbocycles. The molecule has 0 aliphatic heterocycles. The average Bonchev–Trinajstić information content (AvgIpc) is 2.74. The zero-order valence-electron chi connectivity index (χ0n) is 10.7. The zero-order chi connectivity index (χ0) is 13.8. The summed E-state index contributed by atoms with van der Waals surface area (Å²) in [6.45, 7) is 4.21. The van der Waals surface area contributed by atoms with Crippen LogP contribution in [0.2, 0.25) is 0 Å². The van der Waals surface area contributed by atoms with Crippen LogP contribution in [0.5, 0.6) is 5.75 Å². The molecule has 1 aromatic heterocycles. The minimum atomic E-state index is -0.434. The fourth-order valence-corrected chi connectivity index (χ4v) is 1.86. The molecule has 2 rings (SSSR count). The topological polar surface area (TPSA) is 48.2 Å². The van der Waals surface area contributed by atoms with Crippen molar-refractivity contribution in [3.05, 3.63) is 40.2 Å². The minimum absolute atomic E-state index is 0.0592. The first-order chi connectivity index (χ1) is 9.04. The number of aromatic nitrogens is 2. The van der Waals surface area contributed by atoms with Crippen LogP contribution in [0.4, 0.5) is 4.39 Å². The van der Waals surface area contributed by atoms with Gasteiger partial charge in [0.25, 0.3) is 5.89 Å². The molecule has 0 unspecified atom stereocenters. The molecule has 19 heavy (non-hydrogen) atoms. The van der Waals surface area contributed by atoms with Crippen molar-refractivity contribution in [2.24, 2.45) is 5.92 Å². The summed E-state index contributed by atoms with van der Waals surface area (Å²) in [4.78, 5) is 4.18. The van der Waals surface area contributed by atoms with Crippen LogP contribution in [-0.4, -0.2) is 10.1 Å². The van der Waals surface area contributed by atoms with Crippen LogP contribution in [0, 0.1) is 11.7 Å². The smallest absolute Gasteiger partial charge is 0.264 e. The molecule has 0 fully saturated rings. The van der Waals surface area contributed by atoms with Gasteiger partial charge in [0.15, 0.2) is 24.0 Å². The predicted octanol–water partition coefficient (Wildman–Crippen LogP) is 3.75. The second kappa shape index (κ2) is 6.14. The first-order valence-corrected chi connectivity index (χ1v) is 6.73. The van der Waals surface area contributed by atoms with Crippen LogP contribution in [0.15, 0.2) is 27.2 Å². The molecule has 0 N–H and O–H groups in total. The van der Waals surface area contributed by atoms with Gasteiger partial charge in [-0.25, -0.2) is 4.39 Å². The summed E-state index contributed by atoms with van der Waals surface area (Å²) >= 11 is 3.18. The maximum absolute atomic E-state index is 13.5. The van der Waals surface area contributed by atoms with E-state index >= 15 is 0 Å². The SMILES string of the molecule is CC(C)Cc1noc(COc2ccc(Br)cc2F)n1. The number of hydrogen-bond acceptors (Lipinski definition) is 4. The maximum Gasteiger partial charge on any atom is 0.264 e. The Labute approximate surface area is 119 Å². The molecule has 0 saturated heterocycles. The Morgan fingerprint density at radius 2 is 2.21 bits per heavy atom. The standard InChI is InChI=1S/C13H14BrFN2O2/c1-8(2)5-12-16-13(19-17-12)7-18-11-4-3-9(14)6-10(11)15/h3-4,6,8H,5,7H2,1-2H3. The third kappa shape index (κ3) is 4.02. The fraction of sp³-hybridized carbons (Fsp3) is 0.385. The first kappa shape index (κ1) is 14.0. The van der Waals surface area contributed by atoms with E-state index in [-0.39, 0.29) is 12.4 Å². The van der Waals surface area contributed by atoms with Crippen molar-refractivity contribution in [1.29, 1.82) is 0 Å². The van der Waals surface area contributed by atoms with E-state index in [0.717, 1.165) is 6.42 Å². The molecule has 0 aliphatic rings. The monoisotopic (exact) mass is 328 g/mol. The Bertz CT molecular complexity index is 557. The van der Waals surface area contributed by atoms with E-state index in [9.17, 15) is 4.39 Å². The maximum atomic E-state index is 13.5. The van der Waals surface area contributed by atoms with Crippen molar-refractivity contribution in [2.75, 3.05) is 0 Å². The van der Waals surface area contributed by atoms with Gasteiger partial charge in [0.05, 0.1) is 0 Å². The summed E-state index contributed by atoms with van der Waals surface area (Å²) in [6.07, 6.45) is 0.746. The lowest BCUT2D eigenvalue weighted by molar-refractivity contribution is 0.234. The lowest BCUT2D eigenvalue weighted by atomic mass is 10.1. The Hall–Kier alpha value is -1.43. The number of ether oxygens (including phenoxy) is 1. The molecule has 6 heteroatoms. The first-order valence-electron chi connectivity index (χ1n) is 5.94. The normalized spacial score (nSPS) is 11.0. The molecule has 0 bridgehead atoms. The van der Waals surface area contributed by atoms with E-state index in [1.165, 1.54) is 6.07 Å². The van der Waals surface area contributed by atoms with Crippen molar-refractivity contribution in [1.82, 2.24) is 10.1 Å². The summed E-state index contributed by atoms with van der Waals surface area (Å²) < 4.78 is 24.5. The van der Waals surface area contributed by atoms with Gasteiger partial charge in [-0.05, 0) is 24.1 Å². The highest BCUT2D eigenvalue weighted by molar-refractivity contribution is 9.10. The summed E-state index contributed by atoms with van der Waals surface area (Å²) in [7, 11) is 0. The van der Waals surface area contributed by atoms with Crippen LogP contribution < -0.4 is 4.74 Å². The molecule has 0 aliphatic carbocycles. The van der Waals surface area contributed by atoms with E-state index in [1.807, 2.05) is 0 Å². The largest absolute Gasteiger partial charge is 0.481 e.